The van der Waals surface area contributed by atoms with E-state index in [9.17, 15) is 9.59 Å². The van der Waals surface area contributed by atoms with Gasteiger partial charge in [0, 0.05) is 18.5 Å². The highest BCUT2D eigenvalue weighted by Crippen LogP contribution is 2.28. The van der Waals surface area contributed by atoms with Gasteiger partial charge < -0.3 is 16.4 Å². The van der Waals surface area contributed by atoms with E-state index in [1.807, 2.05) is 27.7 Å². The summed E-state index contributed by atoms with van der Waals surface area (Å²) >= 11 is 0. The van der Waals surface area contributed by atoms with E-state index in [2.05, 4.69) is 10.6 Å². The van der Waals surface area contributed by atoms with Crippen LogP contribution in [0.5, 0.6) is 0 Å². The quantitative estimate of drug-likeness (QED) is 0.622. The minimum absolute atomic E-state index is 0.0184. The summed E-state index contributed by atoms with van der Waals surface area (Å²) in [4.78, 5) is 23.0. The highest BCUT2D eigenvalue weighted by Gasteiger charge is 2.41. The summed E-state index contributed by atoms with van der Waals surface area (Å²) in [6.07, 6.45) is 0.354. The fraction of sp³-hybridized carbons (Fsp3) is 0.818. The van der Waals surface area contributed by atoms with Crippen LogP contribution in [0.1, 0.15) is 34.1 Å². The van der Waals surface area contributed by atoms with Crippen LogP contribution in [0.3, 0.4) is 0 Å². The molecule has 4 N–H and O–H groups in total. The molecule has 0 saturated carbocycles. The van der Waals surface area contributed by atoms with Crippen LogP contribution in [0.2, 0.25) is 0 Å². The zero-order valence-corrected chi connectivity index (χ0v) is 10.4. The van der Waals surface area contributed by atoms with E-state index in [0.29, 0.717) is 13.0 Å². The number of carbonyl (C=O) groups excluding carboxylic acids is 2. The van der Waals surface area contributed by atoms with Gasteiger partial charge in [-0.1, -0.05) is 0 Å². The molecule has 0 aromatic rings. The second-order valence-electron chi connectivity index (χ2n) is 5.53. The fourth-order valence-electron chi connectivity index (χ4n) is 1.37. The Morgan fingerprint density at radius 3 is 2.38 bits per heavy atom. The van der Waals surface area contributed by atoms with Gasteiger partial charge in [-0.15, -0.1) is 0 Å². The van der Waals surface area contributed by atoms with Gasteiger partial charge in [0.1, 0.15) is 0 Å². The van der Waals surface area contributed by atoms with Crippen LogP contribution in [0.4, 0.5) is 0 Å². The van der Waals surface area contributed by atoms with Crippen molar-refractivity contribution in [3.8, 4) is 0 Å². The van der Waals surface area contributed by atoms with Crippen molar-refractivity contribution in [1.29, 1.82) is 0 Å². The Morgan fingerprint density at radius 1 is 1.44 bits per heavy atom. The molecule has 0 radical (unpaired) electrons. The second-order valence-corrected chi connectivity index (χ2v) is 5.53. The lowest BCUT2D eigenvalue weighted by atomic mass is 9.74. The van der Waals surface area contributed by atoms with Crippen molar-refractivity contribution in [1.82, 2.24) is 10.6 Å². The molecule has 0 bridgehead atoms. The number of carbonyl (C=O) groups is 2. The molecule has 1 rings (SSSR count). The second kappa shape index (κ2) is 4.05. The first-order valence-electron chi connectivity index (χ1n) is 5.51. The highest BCUT2D eigenvalue weighted by atomic mass is 16.2. The van der Waals surface area contributed by atoms with Gasteiger partial charge in [-0.05, 0) is 27.7 Å². The molecule has 1 atom stereocenters. The van der Waals surface area contributed by atoms with Gasteiger partial charge in [0.2, 0.25) is 11.8 Å². The molecule has 5 nitrogen and oxygen atoms in total. The van der Waals surface area contributed by atoms with Gasteiger partial charge >= 0.3 is 0 Å². The summed E-state index contributed by atoms with van der Waals surface area (Å²) in [6, 6.07) is -0.110. The van der Waals surface area contributed by atoms with Gasteiger partial charge in [-0.3, -0.25) is 9.59 Å². The number of hydrogen-bond acceptors (Lipinski definition) is 3. The molecular formula is C11H21N3O2. The van der Waals surface area contributed by atoms with Crippen LogP contribution in [0.15, 0.2) is 0 Å². The van der Waals surface area contributed by atoms with Crippen LogP contribution in [-0.4, -0.2) is 29.9 Å². The van der Waals surface area contributed by atoms with Crippen molar-refractivity contribution in [2.75, 3.05) is 6.54 Å². The van der Waals surface area contributed by atoms with E-state index < -0.39 is 11.0 Å². The number of rotatable bonds is 3. The third kappa shape index (κ3) is 2.52. The van der Waals surface area contributed by atoms with Crippen molar-refractivity contribution >= 4 is 11.8 Å². The van der Waals surface area contributed by atoms with E-state index in [1.54, 1.807) is 0 Å². The zero-order valence-electron chi connectivity index (χ0n) is 10.4. The average Bonchev–Trinajstić information content (AvgIpc) is 2.49. The maximum Gasteiger partial charge on any atom is 0.227 e. The van der Waals surface area contributed by atoms with Gasteiger partial charge in [0.25, 0.3) is 0 Å². The summed E-state index contributed by atoms with van der Waals surface area (Å²) < 4.78 is 0. The molecule has 1 unspecified atom stereocenters. The molecule has 5 heteroatoms. The molecule has 1 fully saturated rings. The molecule has 16 heavy (non-hydrogen) atoms. The first-order chi connectivity index (χ1) is 7.14. The van der Waals surface area contributed by atoms with Crippen LogP contribution < -0.4 is 16.4 Å². The lowest BCUT2D eigenvalue weighted by molar-refractivity contribution is -0.132. The molecule has 1 heterocycles. The Kier molecular flexibility index (Phi) is 3.28. The zero-order chi connectivity index (χ0) is 12.6. The fourth-order valence-corrected chi connectivity index (χ4v) is 1.37. The SMILES string of the molecule is CC(C)(N)C(C)(C)C(=O)NC1CNC(=O)C1. The largest absolute Gasteiger partial charge is 0.354 e. The first-order valence-corrected chi connectivity index (χ1v) is 5.51. The van der Waals surface area contributed by atoms with E-state index in [0.717, 1.165) is 0 Å². The molecule has 0 aromatic carbocycles. The minimum Gasteiger partial charge on any atom is -0.354 e. The summed E-state index contributed by atoms with van der Waals surface area (Å²) in [7, 11) is 0. The van der Waals surface area contributed by atoms with Crippen LogP contribution in [0.25, 0.3) is 0 Å². The number of nitrogens with one attached hydrogen (secondary N) is 2. The highest BCUT2D eigenvalue weighted by molar-refractivity contribution is 5.85. The summed E-state index contributed by atoms with van der Waals surface area (Å²) in [6.45, 7) is 7.78. The van der Waals surface area contributed by atoms with Crippen LogP contribution >= 0.6 is 0 Å². The Hall–Kier alpha value is -1.10. The predicted molar refractivity (Wildman–Crippen MR) is 61.6 cm³/mol. The lowest BCUT2D eigenvalue weighted by Crippen LogP contribution is -2.57. The summed E-state index contributed by atoms with van der Waals surface area (Å²) in [5.41, 5.74) is 4.70. The number of hydrogen-bond donors (Lipinski definition) is 3. The Morgan fingerprint density at radius 2 is 2.00 bits per heavy atom. The number of nitrogens with two attached hydrogens (primary N) is 1. The smallest absolute Gasteiger partial charge is 0.227 e. The Bertz CT molecular complexity index is 305. The first kappa shape index (κ1) is 13.0. The molecule has 1 saturated heterocycles. The van der Waals surface area contributed by atoms with E-state index in [4.69, 9.17) is 5.73 Å². The van der Waals surface area contributed by atoms with Gasteiger partial charge in [-0.25, -0.2) is 0 Å². The molecule has 0 aromatic heterocycles. The van der Waals surface area contributed by atoms with Crippen molar-refractivity contribution in [3.05, 3.63) is 0 Å². The monoisotopic (exact) mass is 227 g/mol. The van der Waals surface area contributed by atoms with Gasteiger partial charge in [0.15, 0.2) is 0 Å². The van der Waals surface area contributed by atoms with Crippen molar-refractivity contribution in [2.24, 2.45) is 11.1 Å². The van der Waals surface area contributed by atoms with Crippen molar-refractivity contribution in [3.63, 3.8) is 0 Å². The number of amides is 2. The topological polar surface area (TPSA) is 84.2 Å². The van der Waals surface area contributed by atoms with E-state index >= 15 is 0 Å². The molecule has 2 amide bonds. The molecule has 0 spiro atoms. The predicted octanol–water partition coefficient (Wildman–Crippen LogP) is -0.245. The summed E-state index contributed by atoms with van der Waals surface area (Å²) in [5, 5.41) is 5.53. The normalized spacial score (nSPS) is 21.8. The minimum atomic E-state index is -0.668. The third-order valence-corrected chi connectivity index (χ3v) is 3.49. The van der Waals surface area contributed by atoms with Crippen molar-refractivity contribution in [2.45, 2.75) is 45.7 Å². The van der Waals surface area contributed by atoms with Gasteiger partial charge in [-0.2, -0.15) is 0 Å². The molecule has 0 aliphatic carbocycles. The maximum atomic E-state index is 12.0. The van der Waals surface area contributed by atoms with Crippen molar-refractivity contribution < 1.29 is 9.59 Å². The molecule has 1 aliphatic rings. The average molecular weight is 227 g/mol. The Labute approximate surface area is 96.1 Å². The summed E-state index contributed by atoms with van der Waals surface area (Å²) in [5.74, 6) is -0.128. The van der Waals surface area contributed by atoms with E-state index in [1.165, 1.54) is 0 Å². The van der Waals surface area contributed by atoms with Crippen LogP contribution in [-0.2, 0) is 9.59 Å². The standard InChI is InChI=1S/C11H21N3O2/c1-10(2,11(3,4)12)9(16)14-7-5-8(15)13-6-7/h7H,5-6,12H2,1-4H3,(H,13,15)(H,14,16). The lowest BCUT2D eigenvalue weighted by Gasteiger charge is -2.37. The molecule has 92 valence electrons. The molecular weight excluding hydrogens is 206 g/mol. The molecule has 1 aliphatic heterocycles. The maximum absolute atomic E-state index is 12.0. The van der Waals surface area contributed by atoms with Crippen LogP contribution in [0, 0.1) is 5.41 Å². The van der Waals surface area contributed by atoms with E-state index in [-0.39, 0.29) is 17.9 Å². The van der Waals surface area contributed by atoms with Gasteiger partial charge in [0.05, 0.1) is 11.5 Å². The third-order valence-electron chi connectivity index (χ3n) is 3.49. The Balaban J connectivity index is 2.62.